The Labute approximate surface area is 123 Å². The Bertz CT molecular complexity index is 462. The highest BCUT2D eigenvalue weighted by atomic mass is 19.1. The smallest absolute Gasteiger partial charge is 0.303 e. The molecule has 0 radical (unpaired) electrons. The largest absolute Gasteiger partial charge is 0.481 e. The van der Waals surface area contributed by atoms with Crippen LogP contribution in [-0.4, -0.2) is 29.6 Å². The number of halogens is 1. The van der Waals surface area contributed by atoms with Crippen molar-refractivity contribution < 1.29 is 19.1 Å². The first-order valence-corrected chi connectivity index (χ1v) is 6.98. The van der Waals surface area contributed by atoms with Crippen LogP contribution < -0.4 is 11.1 Å². The van der Waals surface area contributed by atoms with E-state index in [0.717, 1.165) is 18.4 Å². The predicted octanol–water partition coefficient (Wildman–Crippen LogP) is 1.46. The first-order valence-electron chi connectivity index (χ1n) is 6.98. The fourth-order valence-electron chi connectivity index (χ4n) is 1.89. The lowest BCUT2D eigenvalue weighted by atomic mass is 10.1. The summed E-state index contributed by atoms with van der Waals surface area (Å²) in [5.41, 5.74) is 6.59. The van der Waals surface area contributed by atoms with Crippen molar-refractivity contribution in [2.75, 3.05) is 6.54 Å². The number of benzene rings is 1. The third kappa shape index (κ3) is 7.41. The number of nitrogens with one attached hydrogen (secondary N) is 1. The van der Waals surface area contributed by atoms with E-state index in [2.05, 4.69) is 5.32 Å². The number of hydrogen-bond acceptors (Lipinski definition) is 3. The van der Waals surface area contributed by atoms with Gasteiger partial charge in [-0.3, -0.25) is 9.59 Å². The number of carboxylic acid groups (broad SMARTS) is 1. The summed E-state index contributed by atoms with van der Waals surface area (Å²) < 4.78 is 12.8. The molecule has 0 bridgehead atoms. The van der Waals surface area contributed by atoms with Crippen molar-refractivity contribution in [3.8, 4) is 0 Å². The van der Waals surface area contributed by atoms with Crippen molar-refractivity contribution in [2.24, 2.45) is 5.73 Å². The molecule has 0 aliphatic rings. The third-order valence-corrected chi connectivity index (χ3v) is 3.07. The highest BCUT2D eigenvalue weighted by molar-refractivity contribution is 5.81. The number of unbranched alkanes of at least 4 members (excludes halogenated alkanes) is 2. The minimum absolute atomic E-state index is 0.151. The van der Waals surface area contributed by atoms with Gasteiger partial charge in [0.05, 0.1) is 6.04 Å². The van der Waals surface area contributed by atoms with Crippen LogP contribution in [0.1, 0.15) is 31.2 Å². The highest BCUT2D eigenvalue weighted by Gasteiger charge is 2.13. The Morgan fingerprint density at radius 1 is 1.19 bits per heavy atom. The van der Waals surface area contributed by atoms with Gasteiger partial charge in [0.2, 0.25) is 5.91 Å². The van der Waals surface area contributed by atoms with E-state index in [0.29, 0.717) is 19.4 Å². The molecule has 1 atom stereocenters. The van der Waals surface area contributed by atoms with Gasteiger partial charge >= 0.3 is 5.97 Å². The van der Waals surface area contributed by atoms with Gasteiger partial charge in [-0.15, -0.1) is 0 Å². The van der Waals surface area contributed by atoms with Crippen molar-refractivity contribution in [3.05, 3.63) is 35.6 Å². The topological polar surface area (TPSA) is 92.4 Å². The average Bonchev–Trinajstić information content (AvgIpc) is 2.44. The summed E-state index contributed by atoms with van der Waals surface area (Å²) in [7, 11) is 0. The number of carboxylic acids is 1. The van der Waals surface area contributed by atoms with Gasteiger partial charge in [0, 0.05) is 13.0 Å². The summed E-state index contributed by atoms with van der Waals surface area (Å²) in [6.45, 7) is 0.482. The van der Waals surface area contributed by atoms with Crippen LogP contribution in [0.3, 0.4) is 0 Å². The van der Waals surface area contributed by atoms with E-state index in [9.17, 15) is 14.0 Å². The Hall–Kier alpha value is -1.95. The van der Waals surface area contributed by atoms with Crippen LogP contribution in [0.4, 0.5) is 4.39 Å². The maximum Gasteiger partial charge on any atom is 0.303 e. The van der Waals surface area contributed by atoms with Gasteiger partial charge in [0.25, 0.3) is 0 Å². The number of carbonyl (C=O) groups excluding carboxylic acids is 1. The normalized spacial score (nSPS) is 11.9. The molecule has 116 valence electrons. The molecule has 1 aromatic rings. The number of aliphatic carboxylic acids is 1. The quantitative estimate of drug-likeness (QED) is 0.601. The van der Waals surface area contributed by atoms with Crippen LogP contribution >= 0.6 is 0 Å². The zero-order valence-corrected chi connectivity index (χ0v) is 11.8. The van der Waals surface area contributed by atoms with Crippen molar-refractivity contribution in [1.29, 1.82) is 0 Å². The second-order valence-corrected chi connectivity index (χ2v) is 4.93. The molecule has 0 heterocycles. The molecule has 1 amide bonds. The molecule has 1 aromatic carbocycles. The summed E-state index contributed by atoms with van der Waals surface area (Å²) in [5, 5.41) is 11.2. The van der Waals surface area contributed by atoms with Gasteiger partial charge in [0.15, 0.2) is 0 Å². The van der Waals surface area contributed by atoms with E-state index in [1.807, 2.05) is 0 Å². The number of nitrogens with two attached hydrogens (primary N) is 1. The van der Waals surface area contributed by atoms with E-state index < -0.39 is 12.0 Å². The van der Waals surface area contributed by atoms with E-state index in [1.165, 1.54) is 12.1 Å². The molecule has 6 heteroatoms. The van der Waals surface area contributed by atoms with E-state index in [-0.39, 0.29) is 18.1 Å². The molecule has 1 rings (SSSR count). The minimum atomic E-state index is -0.805. The van der Waals surface area contributed by atoms with Crippen LogP contribution in [0.15, 0.2) is 24.3 Å². The molecule has 0 saturated carbocycles. The Kier molecular flexibility index (Phi) is 7.39. The van der Waals surface area contributed by atoms with Gasteiger partial charge in [-0.2, -0.15) is 0 Å². The SMILES string of the molecule is NC(Cc1ccc(F)cc1)C(=O)NCCCCCC(=O)O. The van der Waals surface area contributed by atoms with Crippen LogP contribution in [0.2, 0.25) is 0 Å². The molecule has 0 saturated heterocycles. The zero-order chi connectivity index (χ0) is 15.7. The average molecular weight is 296 g/mol. The van der Waals surface area contributed by atoms with Crippen LogP contribution in [0, 0.1) is 5.82 Å². The molecule has 4 N–H and O–H groups in total. The molecule has 0 aliphatic heterocycles. The van der Waals surface area contributed by atoms with Crippen LogP contribution in [0.5, 0.6) is 0 Å². The van der Waals surface area contributed by atoms with Gasteiger partial charge in [-0.25, -0.2) is 4.39 Å². The molecule has 0 spiro atoms. The lowest BCUT2D eigenvalue weighted by Gasteiger charge is -2.12. The van der Waals surface area contributed by atoms with Gasteiger partial charge in [0.1, 0.15) is 5.82 Å². The van der Waals surface area contributed by atoms with Gasteiger partial charge in [-0.05, 0) is 37.0 Å². The minimum Gasteiger partial charge on any atom is -0.481 e. The molecule has 0 fully saturated rings. The maximum atomic E-state index is 12.8. The predicted molar refractivity (Wildman–Crippen MR) is 77.2 cm³/mol. The van der Waals surface area contributed by atoms with Crippen molar-refractivity contribution in [2.45, 2.75) is 38.1 Å². The molecule has 1 unspecified atom stereocenters. The summed E-state index contributed by atoms with van der Waals surface area (Å²) >= 11 is 0. The van der Waals surface area contributed by atoms with Gasteiger partial charge < -0.3 is 16.2 Å². The number of rotatable bonds is 9. The standard InChI is InChI=1S/C15H21FN2O3/c16-12-7-5-11(6-8-12)10-13(17)15(21)18-9-3-1-2-4-14(19)20/h5-8,13H,1-4,9-10,17H2,(H,18,21)(H,19,20). The Balaban J connectivity index is 2.19. The lowest BCUT2D eigenvalue weighted by molar-refractivity contribution is -0.137. The van der Waals surface area contributed by atoms with Crippen LogP contribution in [0.25, 0.3) is 0 Å². The first kappa shape index (κ1) is 17.1. The zero-order valence-electron chi connectivity index (χ0n) is 11.8. The highest BCUT2D eigenvalue weighted by Crippen LogP contribution is 2.05. The fraction of sp³-hybridized carbons (Fsp3) is 0.467. The monoisotopic (exact) mass is 296 g/mol. The van der Waals surface area contributed by atoms with Crippen LogP contribution in [-0.2, 0) is 16.0 Å². The summed E-state index contributed by atoms with van der Waals surface area (Å²) in [6.07, 6.45) is 2.58. The molecule has 21 heavy (non-hydrogen) atoms. The summed E-state index contributed by atoms with van der Waals surface area (Å²) in [5.74, 6) is -1.38. The lowest BCUT2D eigenvalue weighted by Crippen LogP contribution is -2.42. The Morgan fingerprint density at radius 2 is 1.86 bits per heavy atom. The van der Waals surface area contributed by atoms with Crippen molar-refractivity contribution in [3.63, 3.8) is 0 Å². The van der Waals surface area contributed by atoms with E-state index >= 15 is 0 Å². The Morgan fingerprint density at radius 3 is 2.48 bits per heavy atom. The molecule has 5 nitrogen and oxygen atoms in total. The van der Waals surface area contributed by atoms with E-state index in [4.69, 9.17) is 10.8 Å². The molecule has 0 aliphatic carbocycles. The van der Waals surface area contributed by atoms with Crippen molar-refractivity contribution in [1.82, 2.24) is 5.32 Å². The summed E-state index contributed by atoms with van der Waals surface area (Å²) in [6, 6.07) is 5.21. The maximum absolute atomic E-state index is 12.8. The number of carbonyl (C=O) groups is 2. The molecular weight excluding hydrogens is 275 g/mol. The second-order valence-electron chi connectivity index (χ2n) is 4.93. The third-order valence-electron chi connectivity index (χ3n) is 3.07. The molecular formula is C15H21FN2O3. The fourth-order valence-corrected chi connectivity index (χ4v) is 1.89. The number of amides is 1. The number of hydrogen-bond donors (Lipinski definition) is 3. The van der Waals surface area contributed by atoms with Crippen molar-refractivity contribution >= 4 is 11.9 Å². The van der Waals surface area contributed by atoms with Gasteiger partial charge in [-0.1, -0.05) is 18.6 Å². The summed E-state index contributed by atoms with van der Waals surface area (Å²) in [4.78, 5) is 22.1. The molecule has 0 aromatic heterocycles. The second kappa shape index (κ2) is 9.07. The first-order chi connectivity index (χ1) is 9.99. The van der Waals surface area contributed by atoms with E-state index in [1.54, 1.807) is 12.1 Å².